The molecule has 0 spiro atoms. The SMILES string of the molecule is CCOP(=O)(CCCc1cc2c(c(OC)c1OC)OCO2)OCC. The minimum absolute atomic E-state index is 0.155. The predicted molar refractivity (Wildman–Crippen MR) is 89.7 cm³/mol. The Morgan fingerprint density at radius 1 is 1.08 bits per heavy atom. The van der Waals surface area contributed by atoms with Gasteiger partial charge in [-0.05, 0) is 32.8 Å². The summed E-state index contributed by atoms with van der Waals surface area (Å²) in [6.45, 7) is 4.48. The van der Waals surface area contributed by atoms with Crippen molar-refractivity contribution >= 4 is 7.60 Å². The molecule has 1 aliphatic heterocycles. The van der Waals surface area contributed by atoms with Crippen molar-refractivity contribution in [3.63, 3.8) is 0 Å². The van der Waals surface area contributed by atoms with Crippen molar-refractivity contribution < 1.29 is 32.6 Å². The lowest BCUT2D eigenvalue weighted by Gasteiger charge is -2.18. The van der Waals surface area contributed by atoms with Crippen LogP contribution in [0.3, 0.4) is 0 Å². The Labute approximate surface area is 142 Å². The third kappa shape index (κ3) is 4.15. The zero-order valence-electron chi connectivity index (χ0n) is 14.6. The molecule has 136 valence electrons. The molecule has 1 heterocycles. The summed E-state index contributed by atoms with van der Waals surface area (Å²) < 4.78 is 44.9. The molecule has 0 unspecified atom stereocenters. The lowest BCUT2D eigenvalue weighted by atomic mass is 10.1. The maximum Gasteiger partial charge on any atom is 0.330 e. The fourth-order valence-electron chi connectivity index (χ4n) is 2.66. The summed E-state index contributed by atoms with van der Waals surface area (Å²) >= 11 is 0. The van der Waals surface area contributed by atoms with Crippen LogP contribution in [0.4, 0.5) is 0 Å². The Morgan fingerprint density at radius 2 is 1.75 bits per heavy atom. The molecule has 1 aromatic rings. The van der Waals surface area contributed by atoms with Crippen LogP contribution in [-0.4, -0.2) is 40.4 Å². The first-order valence-electron chi connectivity index (χ1n) is 8.00. The first-order chi connectivity index (χ1) is 11.6. The molecule has 0 aliphatic carbocycles. The van der Waals surface area contributed by atoms with Gasteiger partial charge in [-0.3, -0.25) is 4.57 Å². The monoisotopic (exact) mass is 360 g/mol. The van der Waals surface area contributed by atoms with Crippen molar-refractivity contribution in [3.8, 4) is 23.0 Å². The molecule has 0 radical (unpaired) electrons. The highest BCUT2D eigenvalue weighted by molar-refractivity contribution is 7.53. The molecule has 2 rings (SSSR count). The number of hydrogen-bond donors (Lipinski definition) is 0. The first-order valence-corrected chi connectivity index (χ1v) is 9.72. The van der Waals surface area contributed by atoms with E-state index in [0.717, 1.165) is 5.56 Å². The van der Waals surface area contributed by atoms with Gasteiger partial charge in [0.05, 0.1) is 33.6 Å². The molecule has 0 saturated carbocycles. The summed E-state index contributed by atoms with van der Waals surface area (Å²) in [5.74, 6) is 2.29. The number of rotatable bonds is 10. The fourth-order valence-corrected chi connectivity index (χ4v) is 4.33. The van der Waals surface area contributed by atoms with Crippen molar-refractivity contribution in [1.82, 2.24) is 0 Å². The third-order valence-corrected chi connectivity index (χ3v) is 5.76. The van der Waals surface area contributed by atoms with Gasteiger partial charge in [-0.2, -0.15) is 0 Å². The van der Waals surface area contributed by atoms with Crippen LogP contribution in [0.25, 0.3) is 0 Å². The first kappa shape index (κ1) is 18.9. The number of fused-ring (bicyclic) bond motifs is 1. The van der Waals surface area contributed by atoms with Crippen LogP contribution >= 0.6 is 7.60 Å². The predicted octanol–water partition coefficient (Wildman–Crippen LogP) is 3.63. The molecule has 0 fully saturated rings. The summed E-state index contributed by atoms with van der Waals surface area (Å²) in [4.78, 5) is 0. The summed E-state index contributed by atoms with van der Waals surface area (Å²) in [5, 5.41) is 0. The molecular weight excluding hydrogens is 335 g/mol. The quantitative estimate of drug-likeness (QED) is 0.590. The maximum absolute atomic E-state index is 12.5. The molecule has 0 bridgehead atoms. The standard InChI is InChI=1S/C16H25O7P/c1-5-22-24(17,23-6-2)9-7-8-12-10-13-15(21-11-20-13)16(19-4)14(12)18-3/h10H,5-9,11H2,1-4H3. The van der Waals surface area contributed by atoms with Crippen molar-refractivity contribution in [2.24, 2.45) is 0 Å². The smallest absolute Gasteiger partial charge is 0.330 e. The van der Waals surface area contributed by atoms with Crippen LogP contribution in [0.15, 0.2) is 6.07 Å². The molecule has 7 nitrogen and oxygen atoms in total. The third-order valence-electron chi connectivity index (χ3n) is 3.59. The van der Waals surface area contributed by atoms with Gasteiger partial charge in [-0.25, -0.2) is 0 Å². The van der Waals surface area contributed by atoms with E-state index in [-0.39, 0.29) is 6.79 Å². The number of aryl methyl sites for hydroxylation is 1. The lowest BCUT2D eigenvalue weighted by Crippen LogP contribution is -2.03. The number of ether oxygens (including phenoxy) is 4. The largest absolute Gasteiger partial charge is 0.492 e. The van der Waals surface area contributed by atoms with Gasteiger partial charge in [0, 0.05) is 5.56 Å². The van der Waals surface area contributed by atoms with Gasteiger partial charge in [0.2, 0.25) is 18.3 Å². The highest BCUT2D eigenvalue weighted by Gasteiger charge is 2.27. The molecule has 24 heavy (non-hydrogen) atoms. The summed E-state index contributed by atoms with van der Waals surface area (Å²) in [6, 6.07) is 1.87. The molecule has 0 amide bonds. The van der Waals surface area contributed by atoms with Gasteiger partial charge in [0.25, 0.3) is 0 Å². The molecule has 0 N–H and O–H groups in total. The fraction of sp³-hybridized carbons (Fsp3) is 0.625. The zero-order valence-corrected chi connectivity index (χ0v) is 15.5. The summed E-state index contributed by atoms with van der Waals surface area (Å²) in [6.07, 6.45) is 1.59. The summed E-state index contributed by atoms with van der Waals surface area (Å²) in [7, 11) is 0.0931. The van der Waals surface area contributed by atoms with Crippen LogP contribution in [0.5, 0.6) is 23.0 Å². The van der Waals surface area contributed by atoms with E-state index in [4.69, 9.17) is 28.0 Å². The molecule has 1 aromatic carbocycles. The molecule has 0 aromatic heterocycles. The summed E-state index contributed by atoms with van der Waals surface area (Å²) in [5.41, 5.74) is 0.901. The topological polar surface area (TPSA) is 72.5 Å². The van der Waals surface area contributed by atoms with E-state index in [0.29, 0.717) is 55.2 Å². The van der Waals surface area contributed by atoms with Crippen molar-refractivity contribution in [2.75, 3.05) is 40.4 Å². The Balaban J connectivity index is 2.14. The van der Waals surface area contributed by atoms with Crippen molar-refractivity contribution in [1.29, 1.82) is 0 Å². The van der Waals surface area contributed by atoms with Crippen molar-refractivity contribution in [3.05, 3.63) is 11.6 Å². The van der Waals surface area contributed by atoms with Gasteiger partial charge in [-0.15, -0.1) is 0 Å². The maximum atomic E-state index is 12.5. The number of benzene rings is 1. The Morgan fingerprint density at radius 3 is 2.33 bits per heavy atom. The van der Waals surface area contributed by atoms with Gasteiger partial charge in [0.1, 0.15) is 0 Å². The molecule has 8 heteroatoms. The van der Waals surface area contributed by atoms with E-state index in [1.807, 2.05) is 6.07 Å². The van der Waals surface area contributed by atoms with E-state index in [9.17, 15) is 4.57 Å². The number of hydrogen-bond acceptors (Lipinski definition) is 7. The normalized spacial score (nSPS) is 13.2. The van der Waals surface area contributed by atoms with Crippen LogP contribution < -0.4 is 18.9 Å². The zero-order chi connectivity index (χ0) is 17.6. The molecule has 0 atom stereocenters. The van der Waals surface area contributed by atoms with Gasteiger partial charge < -0.3 is 28.0 Å². The minimum Gasteiger partial charge on any atom is -0.492 e. The molecular formula is C16H25O7P. The number of methoxy groups -OCH3 is 2. The van der Waals surface area contributed by atoms with Crippen LogP contribution in [0, 0.1) is 0 Å². The average molecular weight is 360 g/mol. The van der Waals surface area contributed by atoms with Gasteiger partial charge >= 0.3 is 7.60 Å². The minimum atomic E-state index is -3.04. The average Bonchev–Trinajstić information content (AvgIpc) is 3.01. The molecule has 1 aliphatic rings. The van der Waals surface area contributed by atoms with E-state index >= 15 is 0 Å². The van der Waals surface area contributed by atoms with Crippen LogP contribution in [0.2, 0.25) is 0 Å². The second-order valence-electron chi connectivity index (χ2n) is 5.11. The highest BCUT2D eigenvalue weighted by Crippen LogP contribution is 2.51. The molecule has 0 saturated heterocycles. The van der Waals surface area contributed by atoms with Crippen molar-refractivity contribution in [2.45, 2.75) is 26.7 Å². The van der Waals surface area contributed by atoms with E-state index in [1.54, 1.807) is 28.1 Å². The van der Waals surface area contributed by atoms with Crippen LogP contribution in [-0.2, 0) is 20.0 Å². The Kier molecular flexibility index (Phi) is 6.78. The second-order valence-corrected chi connectivity index (χ2v) is 7.30. The van der Waals surface area contributed by atoms with E-state index in [2.05, 4.69) is 0 Å². The van der Waals surface area contributed by atoms with E-state index in [1.165, 1.54) is 0 Å². The second kappa shape index (κ2) is 8.60. The van der Waals surface area contributed by atoms with Gasteiger partial charge in [0.15, 0.2) is 11.5 Å². The lowest BCUT2D eigenvalue weighted by molar-refractivity contribution is 0.170. The Bertz CT molecular complexity index is 593. The van der Waals surface area contributed by atoms with E-state index < -0.39 is 7.60 Å². The van der Waals surface area contributed by atoms with Crippen LogP contribution in [0.1, 0.15) is 25.8 Å². The Hall–Kier alpha value is -1.43. The highest BCUT2D eigenvalue weighted by atomic mass is 31.2. The van der Waals surface area contributed by atoms with Gasteiger partial charge in [-0.1, -0.05) is 0 Å².